The van der Waals surface area contributed by atoms with Crippen LogP contribution >= 0.6 is 0 Å². The molecular weight excluding hydrogens is 210 g/mol. The van der Waals surface area contributed by atoms with Crippen LogP contribution in [0, 0.1) is 0 Å². The van der Waals surface area contributed by atoms with Gasteiger partial charge in [-0.2, -0.15) is 0 Å². The fraction of sp³-hybridized carbons (Fsp3) is 0.357. The summed E-state index contributed by atoms with van der Waals surface area (Å²) < 4.78 is 2.23. The quantitative estimate of drug-likeness (QED) is 0.852. The maximum absolute atomic E-state index is 4.57. The standard InChI is InChI=1S/C14H17N3/c1-17-13(12-7-8-15-9-12)10-16-14(17)11-5-3-2-4-6-11/h2-6,10,12,15H,7-9H2,1H3. The molecule has 1 atom stereocenters. The summed E-state index contributed by atoms with van der Waals surface area (Å²) in [6.45, 7) is 2.20. The summed E-state index contributed by atoms with van der Waals surface area (Å²) in [5.74, 6) is 1.68. The van der Waals surface area contributed by atoms with Gasteiger partial charge in [0.15, 0.2) is 0 Å². The van der Waals surface area contributed by atoms with Crippen molar-refractivity contribution in [3.8, 4) is 11.4 Å². The molecule has 0 radical (unpaired) electrons. The minimum Gasteiger partial charge on any atom is -0.331 e. The largest absolute Gasteiger partial charge is 0.331 e. The molecule has 1 aromatic heterocycles. The van der Waals surface area contributed by atoms with Crippen molar-refractivity contribution in [2.45, 2.75) is 12.3 Å². The van der Waals surface area contributed by atoms with Crippen molar-refractivity contribution < 1.29 is 0 Å². The minimum atomic E-state index is 0.616. The van der Waals surface area contributed by atoms with Crippen molar-refractivity contribution in [3.05, 3.63) is 42.2 Å². The van der Waals surface area contributed by atoms with Gasteiger partial charge in [-0.05, 0) is 13.0 Å². The van der Waals surface area contributed by atoms with Crippen LogP contribution in [0.4, 0.5) is 0 Å². The summed E-state index contributed by atoms with van der Waals surface area (Å²) in [6.07, 6.45) is 3.24. The third-order valence-electron chi connectivity index (χ3n) is 3.53. The lowest BCUT2D eigenvalue weighted by Gasteiger charge is -2.10. The Morgan fingerprint density at radius 3 is 2.82 bits per heavy atom. The number of rotatable bonds is 2. The Kier molecular flexibility index (Phi) is 2.69. The Balaban J connectivity index is 1.97. The topological polar surface area (TPSA) is 29.9 Å². The number of nitrogens with zero attached hydrogens (tertiary/aromatic N) is 2. The number of hydrogen-bond acceptors (Lipinski definition) is 2. The number of imidazole rings is 1. The average molecular weight is 227 g/mol. The van der Waals surface area contributed by atoms with Crippen LogP contribution in [0.2, 0.25) is 0 Å². The van der Waals surface area contributed by atoms with Gasteiger partial charge in [-0.25, -0.2) is 4.98 Å². The smallest absolute Gasteiger partial charge is 0.139 e. The molecule has 0 aliphatic carbocycles. The van der Waals surface area contributed by atoms with Crippen LogP contribution in [0.1, 0.15) is 18.0 Å². The molecule has 1 unspecified atom stereocenters. The Morgan fingerprint density at radius 2 is 2.12 bits per heavy atom. The molecule has 1 N–H and O–H groups in total. The summed E-state index contributed by atoms with van der Waals surface area (Å²) >= 11 is 0. The molecule has 3 rings (SSSR count). The number of benzene rings is 1. The third-order valence-corrected chi connectivity index (χ3v) is 3.53. The summed E-state index contributed by atoms with van der Waals surface area (Å²) in [4.78, 5) is 4.57. The minimum absolute atomic E-state index is 0.616. The molecule has 0 amide bonds. The fourth-order valence-corrected chi connectivity index (χ4v) is 2.56. The van der Waals surface area contributed by atoms with E-state index in [9.17, 15) is 0 Å². The number of nitrogens with one attached hydrogen (secondary N) is 1. The highest BCUT2D eigenvalue weighted by Gasteiger charge is 2.21. The van der Waals surface area contributed by atoms with Crippen molar-refractivity contribution in [2.24, 2.45) is 7.05 Å². The Labute approximate surface area is 101 Å². The van der Waals surface area contributed by atoms with E-state index >= 15 is 0 Å². The molecule has 2 heterocycles. The van der Waals surface area contributed by atoms with Crippen molar-refractivity contribution in [1.82, 2.24) is 14.9 Å². The molecule has 3 nitrogen and oxygen atoms in total. The first-order chi connectivity index (χ1) is 8.36. The molecule has 1 aliphatic heterocycles. The molecule has 0 spiro atoms. The Bertz CT molecular complexity index is 495. The van der Waals surface area contributed by atoms with Gasteiger partial charge in [-0.15, -0.1) is 0 Å². The highest BCUT2D eigenvalue weighted by Crippen LogP contribution is 2.26. The lowest BCUT2D eigenvalue weighted by molar-refractivity contribution is 0.688. The highest BCUT2D eigenvalue weighted by atomic mass is 15.1. The van der Waals surface area contributed by atoms with Crippen molar-refractivity contribution in [1.29, 1.82) is 0 Å². The normalized spacial score (nSPS) is 19.7. The predicted octanol–water partition coefficient (Wildman–Crippen LogP) is 2.16. The molecule has 0 saturated carbocycles. The summed E-state index contributed by atoms with van der Waals surface area (Å²) in [5.41, 5.74) is 2.53. The first-order valence-electron chi connectivity index (χ1n) is 6.14. The Hall–Kier alpha value is -1.61. The number of aromatic nitrogens is 2. The van der Waals surface area contributed by atoms with Crippen LogP contribution in [0.5, 0.6) is 0 Å². The van der Waals surface area contributed by atoms with Crippen LogP contribution in [0.15, 0.2) is 36.5 Å². The van der Waals surface area contributed by atoms with Gasteiger partial charge in [0.1, 0.15) is 5.82 Å². The summed E-state index contributed by atoms with van der Waals surface area (Å²) in [6, 6.07) is 10.4. The van der Waals surface area contributed by atoms with Gasteiger partial charge < -0.3 is 9.88 Å². The maximum atomic E-state index is 4.57. The molecule has 0 bridgehead atoms. The van der Waals surface area contributed by atoms with E-state index in [0.29, 0.717) is 5.92 Å². The highest BCUT2D eigenvalue weighted by molar-refractivity contribution is 5.55. The van der Waals surface area contributed by atoms with Crippen molar-refractivity contribution in [2.75, 3.05) is 13.1 Å². The molecule has 88 valence electrons. The second-order valence-corrected chi connectivity index (χ2v) is 4.62. The van der Waals surface area contributed by atoms with Crippen molar-refractivity contribution in [3.63, 3.8) is 0 Å². The van der Waals surface area contributed by atoms with Gasteiger partial charge >= 0.3 is 0 Å². The molecule has 3 heteroatoms. The number of hydrogen-bond donors (Lipinski definition) is 1. The zero-order valence-electron chi connectivity index (χ0n) is 10.1. The van der Waals surface area contributed by atoms with E-state index in [1.54, 1.807) is 0 Å². The molecule has 17 heavy (non-hydrogen) atoms. The van der Waals surface area contributed by atoms with Gasteiger partial charge in [0.05, 0.1) is 0 Å². The van der Waals surface area contributed by atoms with E-state index in [1.165, 1.54) is 17.7 Å². The Morgan fingerprint density at radius 1 is 1.29 bits per heavy atom. The average Bonchev–Trinajstić information content (AvgIpc) is 2.99. The molecule has 1 fully saturated rings. The fourth-order valence-electron chi connectivity index (χ4n) is 2.56. The van der Waals surface area contributed by atoms with Crippen molar-refractivity contribution >= 4 is 0 Å². The first-order valence-corrected chi connectivity index (χ1v) is 6.14. The second kappa shape index (κ2) is 4.34. The van der Waals surface area contributed by atoms with Crippen LogP contribution < -0.4 is 5.32 Å². The lowest BCUT2D eigenvalue weighted by atomic mass is 10.1. The molecular formula is C14H17N3. The SMILES string of the molecule is Cn1c(C2CCNC2)cnc1-c1ccccc1. The summed E-state index contributed by atoms with van der Waals surface area (Å²) in [5, 5.41) is 3.41. The molecule has 1 aromatic carbocycles. The predicted molar refractivity (Wildman–Crippen MR) is 68.9 cm³/mol. The van der Waals surface area contributed by atoms with Gasteiger partial charge in [-0.3, -0.25) is 0 Å². The van der Waals surface area contributed by atoms with E-state index in [-0.39, 0.29) is 0 Å². The van der Waals surface area contributed by atoms with Crippen LogP contribution in [-0.2, 0) is 7.05 Å². The van der Waals surface area contributed by atoms with E-state index < -0.39 is 0 Å². The van der Waals surface area contributed by atoms with Gasteiger partial charge in [0, 0.05) is 37.0 Å². The van der Waals surface area contributed by atoms with Crippen LogP contribution in [0.3, 0.4) is 0 Å². The van der Waals surface area contributed by atoms with E-state index in [2.05, 4.69) is 46.2 Å². The van der Waals surface area contributed by atoms with E-state index in [1.807, 2.05) is 12.3 Å². The van der Waals surface area contributed by atoms with Gasteiger partial charge in [0.25, 0.3) is 0 Å². The second-order valence-electron chi connectivity index (χ2n) is 4.62. The van der Waals surface area contributed by atoms with E-state index in [0.717, 1.165) is 18.9 Å². The van der Waals surface area contributed by atoms with E-state index in [4.69, 9.17) is 0 Å². The van der Waals surface area contributed by atoms with Crippen LogP contribution in [0.25, 0.3) is 11.4 Å². The monoisotopic (exact) mass is 227 g/mol. The zero-order valence-corrected chi connectivity index (χ0v) is 10.1. The lowest BCUT2D eigenvalue weighted by Crippen LogP contribution is -2.10. The van der Waals surface area contributed by atoms with Crippen LogP contribution in [-0.4, -0.2) is 22.6 Å². The zero-order chi connectivity index (χ0) is 11.7. The maximum Gasteiger partial charge on any atom is 0.139 e. The molecule has 1 saturated heterocycles. The molecule has 1 aliphatic rings. The molecule has 2 aromatic rings. The third kappa shape index (κ3) is 1.87. The summed E-state index contributed by atoms with van der Waals surface area (Å²) in [7, 11) is 2.11. The van der Waals surface area contributed by atoms with Gasteiger partial charge in [-0.1, -0.05) is 30.3 Å². The first kappa shape index (κ1) is 10.5. The van der Waals surface area contributed by atoms with Gasteiger partial charge in [0.2, 0.25) is 0 Å².